The van der Waals surface area contributed by atoms with Crippen molar-refractivity contribution in [2.24, 2.45) is 0 Å². The van der Waals surface area contributed by atoms with Crippen LogP contribution >= 0.6 is 0 Å². The predicted molar refractivity (Wildman–Crippen MR) is 73.5 cm³/mol. The van der Waals surface area contributed by atoms with Gasteiger partial charge in [0.15, 0.2) is 11.5 Å². The molecule has 0 saturated carbocycles. The highest BCUT2D eigenvalue weighted by molar-refractivity contribution is 6.05. The Morgan fingerprint density at radius 1 is 1.19 bits per heavy atom. The van der Waals surface area contributed by atoms with Crippen molar-refractivity contribution in [2.75, 3.05) is 19.2 Å². The van der Waals surface area contributed by atoms with Gasteiger partial charge in [0.2, 0.25) is 6.79 Å². The van der Waals surface area contributed by atoms with Gasteiger partial charge < -0.3 is 19.5 Å². The molecule has 0 aliphatic carbocycles. The Morgan fingerprint density at radius 2 is 2.00 bits per heavy atom. The average Bonchev–Trinajstić information content (AvgIpc) is 2.96. The molecule has 108 valence electrons. The van der Waals surface area contributed by atoms with Gasteiger partial charge in [0.05, 0.1) is 12.8 Å². The van der Waals surface area contributed by atoms with Gasteiger partial charge in [-0.05, 0) is 30.3 Å². The van der Waals surface area contributed by atoms with Crippen LogP contribution in [-0.2, 0) is 0 Å². The topological polar surface area (TPSA) is 56.8 Å². The fourth-order valence-electron chi connectivity index (χ4n) is 2.00. The van der Waals surface area contributed by atoms with Gasteiger partial charge in [0.1, 0.15) is 11.6 Å². The van der Waals surface area contributed by atoms with Gasteiger partial charge in [-0.3, -0.25) is 4.79 Å². The minimum Gasteiger partial charge on any atom is -0.494 e. The van der Waals surface area contributed by atoms with E-state index in [1.165, 1.54) is 25.3 Å². The van der Waals surface area contributed by atoms with E-state index in [2.05, 4.69) is 5.32 Å². The van der Waals surface area contributed by atoms with Crippen LogP contribution in [0.2, 0.25) is 0 Å². The molecule has 0 saturated heterocycles. The number of methoxy groups -OCH3 is 1. The highest BCUT2D eigenvalue weighted by Gasteiger charge is 2.17. The first-order valence-corrected chi connectivity index (χ1v) is 6.22. The van der Waals surface area contributed by atoms with Gasteiger partial charge in [0.25, 0.3) is 5.91 Å². The highest BCUT2D eigenvalue weighted by atomic mass is 19.1. The number of nitrogens with one attached hydrogen (secondary N) is 1. The van der Waals surface area contributed by atoms with Gasteiger partial charge >= 0.3 is 0 Å². The van der Waals surface area contributed by atoms with E-state index in [4.69, 9.17) is 14.2 Å². The van der Waals surface area contributed by atoms with Crippen LogP contribution < -0.4 is 19.5 Å². The van der Waals surface area contributed by atoms with Gasteiger partial charge in [-0.2, -0.15) is 0 Å². The van der Waals surface area contributed by atoms with Crippen molar-refractivity contribution in [3.8, 4) is 17.2 Å². The van der Waals surface area contributed by atoms with E-state index in [9.17, 15) is 9.18 Å². The fourth-order valence-corrected chi connectivity index (χ4v) is 2.00. The molecule has 1 N–H and O–H groups in total. The van der Waals surface area contributed by atoms with Crippen LogP contribution in [-0.4, -0.2) is 19.8 Å². The van der Waals surface area contributed by atoms with E-state index in [0.717, 1.165) is 0 Å². The van der Waals surface area contributed by atoms with Crippen molar-refractivity contribution < 1.29 is 23.4 Å². The lowest BCUT2D eigenvalue weighted by Crippen LogP contribution is -2.12. The predicted octanol–water partition coefficient (Wildman–Crippen LogP) is 2.82. The second-order valence-electron chi connectivity index (χ2n) is 4.37. The quantitative estimate of drug-likeness (QED) is 0.944. The number of halogens is 1. The third-order valence-electron chi connectivity index (χ3n) is 3.05. The molecule has 3 rings (SSSR count). The zero-order valence-electron chi connectivity index (χ0n) is 11.2. The second-order valence-corrected chi connectivity index (χ2v) is 4.37. The molecule has 0 atom stereocenters. The van der Waals surface area contributed by atoms with Crippen molar-refractivity contribution >= 4 is 11.6 Å². The lowest BCUT2D eigenvalue weighted by atomic mass is 10.2. The van der Waals surface area contributed by atoms with Crippen LogP contribution in [0.1, 0.15) is 10.4 Å². The van der Waals surface area contributed by atoms with E-state index in [0.29, 0.717) is 22.7 Å². The number of ether oxygens (including phenoxy) is 3. The monoisotopic (exact) mass is 289 g/mol. The van der Waals surface area contributed by atoms with Gasteiger partial charge in [-0.1, -0.05) is 0 Å². The first-order valence-electron chi connectivity index (χ1n) is 6.22. The van der Waals surface area contributed by atoms with Crippen LogP contribution in [0.25, 0.3) is 0 Å². The molecule has 1 aliphatic rings. The number of anilines is 1. The summed E-state index contributed by atoms with van der Waals surface area (Å²) in [7, 11) is 1.41. The van der Waals surface area contributed by atoms with E-state index in [-0.39, 0.29) is 18.4 Å². The summed E-state index contributed by atoms with van der Waals surface area (Å²) in [6.45, 7) is 0.145. The molecule has 5 nitrogen and oxygen atoms in total. The minimum atomic E-state index is -0.437. The Labute approximate surface area is 120 Å². The van der Waals surface area contributed by atoms with Crippen molar-refractivity contribution in [1.82, 2.24) is 0 Å². The minimum absolute atomic E-state index is 0.145. The molecule has 0 radical (unpaired) electrons. The van der Waals surface area contributed by atoms with E-state index < -0.39 is 5.82 Å². The summed E-state index contributed by atoms with van der Waals surface area (Å²) >= 11 is 0. The van der Waals surface area contributed by atoms with Crippen molar-refractivity contribution in [1.29, 1.82) is 0 Å². The third-order valence-corrected chi connectivity index (χ3v) is 3.05. The molecule has 0 fully saturated rings. The van der Waals surface area contributed by atoms with E-state index in [1.54, 1.807) is 18.2 Å². The smallest absolute Gasteiger partial charge is 0.255 e. The number of carbonyl (C=O) groups excluding carboxylic acids is 1. The molecule has 6 heteroatoms. The fraction of sp³-hybridized carbons (Fsp3) is 0.133. The maximum atomic E-state index is 13.1. The normalized spacial score (nSPS) is 12.1. The number of rotatable bonds is 3. The first kappa shape index (κ1) is 13.2. The maximum absolute atomic E-state index is 13.1. The second kappa shape index (κ2) is 5.32. The summed E-state index contributed by atoms with van der Waals surface area (Å²) in [5.41, 5.74) is 0.798. The molecular weight excluding hydrogens is 277 g/mol. The number of carbonyl (C=O) groups is 1. The molecule has 1 aliphatic heterocycles. The SMILES string of the molecule is COc1cc(F)ccc1NC(=O)c1ccc2c(c1)OCO2. The number of amides is 1. The number of hydrogen-bond acceptors (Lipinski definition) is 4. The van der Waals surface area contributed by atoms with Crippen molar-refractivity contribution in [2.45, 2.75) is 0 Å². The maximum Gasteiger partial charge on any atom is 0.255 e. The number of hydrogen-bond donors (Lipinski definition) is 1. The molecule has 0 spiro atoms. The van der Waals surface area contributed by atoms with Crippen LogP contribution in [0.15, 0.2) is 36.4 Å². The Morgan fingerprint density at radius 3 is 2.81 bits per heavy atom. The summed E-state index contributed by atoms with van der Waals surface area (Å²) < 4.78 is 28.6. The van der Waals surface area contributed by atoms with Crippen LogP contribution in [0.5, 0.6) is 17.2 Å². The molecule has 0 bridgehead atoms. The van der Waals surface area contributed by atoms with Crippen LogP contribution in [0.3, 0.4) is 0 Å². The summed E-state index contributed by atoms with van der Waals surface area (Å²) in [5, 5.41) is 2.67. The van der Waals surface area contributed by atoms with Gasteiger partial charge in [-0.25, -0.2) is 4.39 Å². The largest absolute Gasteiger partial charge is 0.494 e. The molecule has 2 aromatic rings. The molecule has 1 heterocycles. The van der Waals surface area contributed by atoms with E-state index in [1.807, 2.05) is 0 Å². The average molecular weight is 289 g/mol. The lowest BCUT2D eigenvalue weighted by molar-refractivity contribution is 0.102. The third kappa shape index (κ3) is 2.60. The molecule has 2 aromatic carbocycles. The zero-order chi connectivity index (χ0) is 14.8. The first-order chi connectivity index (χ1) is 10.2. The Balaban J connectivity index is 1.83. The molecule has 21 heavy (non-hydrogen) atoms. The van der Waals surface area contributed by atoms with Gasteiger partial charge in [-0.15, -0.1) is 0 Å². The zero-order valence-corrected chi connectivity index (χ0v) is 11.2. The molecule has 0 unspecified atom stereocenters. The summed E-state index contributed by atoms with van der Waals surface area (Å²) in [5.74, 6) is 0.592. The van der Waals surface area contributed by atoms with Crippen LogP contribution in [0, 0.1) is 5.82 Å². The molecule has 1 amide bonds. The van der Waals surface area contributed by atoms with Crippen molar-refractivity contribution in [3.05, 3.63) is 47.8 Å². The summed E-state index contributed by atoms with van der Waals surface area (Å²) in [6.07, 6.45) is 0. The lowest BCUT2D eigenvalue weighted by Gasteiger charge is -2.10. The van der Waals surface area contributed by atoms with Crippen molar-refractivity contribution in [3.63, 3.8) is 0 Å². The number of benzene rings is 2. The summed E-state index contributed by atoms with van der Waals surface area (Å²) in [4.78, 5) is 12.2. The van der Waals surface area contributed by atoms with E-state index >= 15 is 0 Å². The van der Waals surface area contributed by atoms with Gasteiger partial charge in [0, 0.05) is 11.6 Å². The molecule has 0 aromatic heterocycles. The van der Waals surface area contributed by atoms with Crippen LogP contribution in [0.4, 0.5) is 10.1 Å². The summed E-state index contributed by atoms with van der Waals surface area (Å²) in [6, 6.07) is 8.78. The number of fused-ring (bicyclic) bond motifs is 1. The molecular formula is C15H12FNO4. The Hall–Kier alpha value is -2.76. The standard InChI is InChI=1S/C15H12FNO4/c1-19-13-7-10(16)3-4-11(13)17-15(18)9-2-5-12-14(6-9)21-8-20-12/h2-7H,8H2,1H3,(H,17,18). The Bertz CT molecular complexity index is 702. The Kier molecular flexibility index (Phi) is 3.35. The highest BCUT2D eigenvalue weighted by Crippen LogP contribution is 2.33.